The van der Waals surface area contributed by atoms with Crippen LogP contribution in [0.5, 0.6) is 0 Å². The number of aromatic nitrogens is 1. The molecule has 0 aliphatic rings. The third-order valence-electron chi connectivity index (χ3n) is 1.42. The highest BCUT2D eigenvalue weighted by atomic mass is 32.1. The van der Waals surface area contributed by atoms with Gasteiger partial charge in [0.2, 0.25) is 0 Å². The lowest BCUT2D eigenvalue weighted by atomic mass is 10.2. The monoisotopic (exact) mass is 200 g/mol. The fourth-order valence-electron chi connectivity index (χ4n) is 0.848. The molecular weight excluding hydrogens is 188 g/mol. The van der Waals surface area contributed by atoms with Crippen LogP contribution in [0.4, 0.5) is 0 Å². The Morgan fingerprint density at radius 2 is 2.42 bits per heavy atom. The lowest BCUT2D eigenvalue weighted by molar-refractivity contribution is 0.845. The maximum atomic E-state index is 5.41. The van der Waals surface area contributed by atoms with Crippen molar-refractivity contribution in [2.45, 2.75) is 26.2 Å². The maximum Gasteiger partial charge on any atom is 0.0953 e. The second-order valence-electron chi connectivity index (χ2n) is 2.97. The Balaban J connectivity index is 2.70. The molecule has 0 spiro atoms. The summed E-state index contributed by atoms with van der Waals surface area (Å²) in [4.78, 5) is 4.91. The third-order valence-corrected chi connectivity index (χ3v) is 2.76. The summed E-state index contributed by atoms with van der Waals surface area (Å²) >= 11 is 6.47. The Labute approximate surface area is 81.8 Å². The van der Waals surface area contributed by atoms with E-state index in [1.165, 1.54) is 0 Å². The molecule has 0 bridgehead atoms. The van der Waals surface area contributed by atoms with Crippen LogP contribution in [0.25, 0.3) is 0 Å². The Kier molecular flexibility index (Phi) is 3.17. The van der Waals surface area contributed by atoms with Gasteiger partial charge in [0.1, 0.15) is 0 Å². The second-order valence-corrected chi connectivity index (χ2v) is 4.39. The molecular formula is C8H12N2S2. The number of hydrogen-bond acceptors (Lipinski definition) is 3. The van der Waals surface area contributed by atoms with Gasteiger partial charge in [0.25, 0.3) is 0 Å². The maximum absolute atomic E-state index is 5.41. The number of thiocarbonyl (C=S) groups is 1. The molecule has 0 unspecified atom stereocenters. The molecule has 1 aromatic heterocycles. The van der Waals surface area contributed by atoms with E-state index in [1.54, 1.807) is 11.3 Å². The van der Waals surface area contributed by atoms with Crippen molar-refractivity contribution in [1.82, 2.24) is 4.98 Å². The Hall–Kier alpha value is -0.480. The zero-order valence-corrected chi connectivity index (χ0v) is 8.84. The highest BCUT2D eigenvalue weighted by molar-refractivity contribution is 7.80. The van der Waals surface area contributed by atoms with Crippen LogP contribution in [-0.4, -0.2) is 9.97 Å². The van der Waals surface area contributed by atoms with Crippen LogP contribution >= 0.6 is 23.6 Å². The van der Waals surface area contributed by atoms with Crippen molar-refractivity contribution >= 4 is 28.5 Å². The predicted octanol–water partition coefficient (Wildman–Crippen LogP) is 2.10. The lowest BCUT2D eigenvalue weighted by Gasteiger charge is -1.96. The van der Waals surface area contributed by atoms with Crippen molar-refractivity contribution in [3.8, 4) is 0 Å². The van der Waals surface area contributed by atoms with Crippen molar-refractivity contribution in [1.29, 1.82) is 0 Å². The molecule has 4 heteroatoms. The first-order valence-electron chi connectivity index (χ1n) is 3.82. The molecule has 1 heterocycles. The Bertz CT molecular complexity index is 278. The van der Waals surface area contributed by atoms with Crippen molar-refractivity contribution in [2.75, 3.05) is 0 Å². The minimum absolute atomic E-state index is 0.495. The second kappa shape index (κ2) is 3.96. The van der Waals surface area contributed by atoms with E-state index in [9.17, 15) is 0 Å². The first kappa shape index (κ1) is 9.61. The van der Waals surface area contributed by atoms with E-state index in [0.29, 0.717) is 17.3 Å². The first-order valence-corrected chi connectivity index (χ1v) is 5.11. The van der Waals surface area contributed by atoms with Crippen LogP contribution < -0.4 is 5.73 Å². The van der Waals surface area contributed by atoms with Crippen LogP contribution in [0.1, 0.15) is 30.5 Å². The number of hydrogen-bond donors (Lipinski definition) is 1. The first-order chi connectivity index (χ1) is 5.59. The van der Waals surface area contributed by atoms with Crippen LogP contribution in [-0.2, 0) is 6.42 Å². The molecule has 0 saturated heterocycles. The van der Waals surface area contributed by atoms with Crippen LogP contribution in [0.3, 0.4) is 0 Å². The minimum Gasteiger partial charge on any atom is -0.393 e. The molecule has 0 aromatic carbocycles. The van der Waals surface area contributed by atoms with Gasteiger partial charge in [-0.3, -0.25) is 0 Å². The largest absolute Gasteiger partial charge is 0.393 e. The highest BCUT2D eigenvalue weighted by Gasteiger charge is 2.05. The topological polar surface area (TPSA) is 38.9 Å². The fraction of sp³-hybridized carbons (Fsp3) is 0.500. The average molecular weight is 200 g/mol. The van der Waals surface area contributed by atoms with Crippen molar-refractivity contribution in [3.05, 3.63) is 16.1 Å². The van der Waals surface area contributed by atoms with Crippen molar-refractivity contribution in [3.63, 3.8) is 0 Å². The van der Waals surface area contributed by atoms with Gasteiger partial charge in [-0.2, -0.15) is 0 Å². The van der Waals surface area contributed by atoms with Crippen LogP contribution in [0, 0.1) is 0 Å². The van der Waals surface area contributed by atoms with Crippen LogP contribution in [0.2, 0.25) is 0 Å². The summed E-state index contributed by atoms with van der Waals surface area (Å²) in [5.41, 5.74) is 6.40. The van der Waals surface area contributed by atoms with E-state index in [4.69, 9.17) is 18.0 Å². The van der Waals surface area contributed by atoms with E-state index in [2.05, 4.69) is 18.8 Å². The molecule has 2 N–H and O–H groups in total. The molecule has 12 heavy (non-hydrogen) atoms. The molecule has 0 radical (unpaired) electrons. The standard InChI is InChI=1S/C8H12N2S2/c1-5(2)8-10-6(4-12-8)3-7(9)11/h4-5H,3H2,1-2H3,(H2,9,11). The molecule has 0 fully saturated rings. The zero-order chi connectivity index (χ0) is 9.14. The summed E-state index contributed by atoms with van der Waals surface area (Å²) in [5, 5.41) is 3.18. The van der Waals surface area contributed by atoms with Gasteiger partial charge in [-0.05, 0) is 0 Å². The third kappa shape index (κ3) is 2.53. The smallest absolute Gasteiger partial charge is 0.0953 e. The Morgan fingerprint density at radius 3 is 2.83 bits per heavy atom. The van der Waals surface area contributed by atoms with Gasteiger partial charge in [0.05, 0.1) is 15.7 Å². The van der Waals surface area contributed by atoms with Gasteiger partial charge in [-0.15, -0.1) is 11.3 Å². The van der Waals surface area contributed by atoms with Gasteiger partial charge in [-0.25, -0.2) is 4.98 Å². The lowest BCUT2D eigenvalue weighted by Crippen LogP contribution is -2.11. The number of nitrogens with zero attached hydrogens (tertiary/aromatic N) is 1. The van der Waals surface area contributed by atoms with E-state index in [0.717, 1.165) is 10.7 Å². The van der Waals surface area contributed by atoms with E-state index >= 15 is 0 Å². The summed E-state index contributed by atoms with van der Waals surface area (Å²) in [7, 11) is 0. The van der Waals surface area contributed by atoms with E-state index in [1.807, 2.05) is 5.38 Å². The van der Waals surface area contributed by atoms with Gasteiger partial charge in [0.15, 0.2) is 0 Å². The molecule has 1 rings (SSSR count). The summed E-state index contributed by atoms with van der Waals surface area (Å²) in [5.74, 6) is 0.495. The Morgan fingerprint density at radius 1 is 1.75 bits per heavy atom. The van der Waals surface area contributed by atoms with Crippen molar-refractivity contribution < 1.29 is 0 Å². The summed E-state index contributed by atoms with van der Waals surface area (Å²) in [6, 6.07) is 0. The van der Waals surface area contributed by atoms with Gasteiger partial charge < -0.3 is 5.73 Å². The predicted molar refractivity (Wildman–Crippen MR) is 56.7 cm³/mol. The zero-order valence-electron chi connectivity index (χ0n) is 7.20. The van der Waals surface area contributed by atoms with Gasteiger partial charge in [0, 0.05) is 17.7 Å². The molecule has 0 aliphatic carbocycles. The number of nitrogens with two attached hydrogens (primary N) is 1. The van der Waals surface area contributed by atoms with E-state index in [-0.39, 0.29) is 0 Å². The van der Waals surface area contributed by atoms with Crippen LogP contribution in [0.15, 0.2) is 5.38 Å². The summed E-state index contributed by atoms with van der Waals surface area (Å²) < 4.78 is 0. The summed E-state index contributed by atoms with van der Waals surface area (Å²) in [6.07, 6.45) is 0.624. The molecule has 66 valence electrons. The molecule has 0 saturated carbocycles. The van der Waals surface area contributed by atoms with Crippen molar-refractivity contribution in [2.24, 2.45) is 5.73 Å². The fourth-order valence-corrected chi connectivity index (χ4v) is 1.83. The van der Waals surface area contributed by atoms with Gasteiger partial charge >= 0.3 is 0 Å². The average Bonchev–Trinajstić information content (AvgIpc) is 2.34. The molecule has 0 amide bonds. The highest BCUT2D eigenvalue weighted by Crippen LogP contribution is 2.19. The molecule has 1 aromatic rings. The summed E-state index contributed by atoms with van der Waals surface area (Å²) in [6.45, 7) is 4.26. The molecule has 0 aliphatic heterocycles. The number of rotatable bonds is 3. The van der Waals surface area contributed by atoms with Gasteiger partial charge in [-0.1, -0.05) is 26.1 Å². The molecule has 0 atom stereocenters. The SMILES string of the molecule is CC(C)c1nc(CC(N)=S)cs1. The molecule has 2 nitrogen and oxygen atoms in total. The minimum atomic E-state index is 0.495. The normalized spacial score (nSPS) is 10.6. The number of thiazole rings is 1. The van der Waals surface area contributed by atoms with E-state index < -0.39 is 0 Å². The quantitative estimate of drug-likeness (QED) is 0.759.